The van der Waals surface area contributed by atoms with Crippen LogP contribution < -0.4 is 0 Å². The van der Waals surface area contributed by atoms with Gasteiger partial charge in [-0.05, 0) is 89.9 Å². The Morgan fingerprint density at radius 1 is 0.276 bits per heavy atom. The predicted octanol–water partition coefficient (Wildman–Crippen LogP) is 22.3. The molecule has 0 aliphatic rings. The Balaban J connectivity index is 4.34. The van der Waals surface area contributed by atoms with E-state index in [0.29, 0.717) is 19.3 Å². The van der Waals surface area contributed by atoms with Crippen molar-refractivity contribution in [3.05, 3.63) is 85.1 Å². The summed E-state index contributed by atoms with van der Waals surface area (Å²) in [6.45, 7) is 6.43. The molecule has 6 nitrogen and oxygen atoms in total. The average molecular weight is 1060 g/mol. The number of esters is 3. The first-order chi connectivity index (χ1) is 37.5. The lowest BCUT2D eigenvalue weighted by Gasteiger charge is -2.18. The molecular formula is C70H122O6. The van der Waals surface area contributed by atoms with Crippen molar-refractivity contribution < 1.29 is 28.6 Å². The van der Waals surface area contributed by atoms with E-state index in [0.717, 1.165) is 135 Å². The van der Waals surface area contributed by atoms with Gasteiger partial charge in [0.1, 0.15) is 13.2 Å². The zero-order valence-corrected chi connectivity index (χ0v) is 50.3. The van der Waals surface area contributed by atoms with E-state index >= 15 is 0 Å². The van der Waals surface area contributed by atoms with Crippen LogP contribution in [0, 0.1) is 0 Å². The van der Waals surface area contributed by atoms with Gasteiger partial charge in [-0.2, -0.15) is 0 Å². The van der Waals surface area contributed by atoms with Crippen molar-refractivity contribution >= 4 is 17.9 Å². The minimum absolute atomic E-state index is 0.0857. The van der Waals surface area contributed by atoms with Crippen molar-refractivity contribution in [2.45, 2.75) is 329 Å². The first-order valence-corrected chi connectivity index (χ1v) is 32.6. The molecule has 0 radical (unpaired) electrons. The number of unbranched alkanes of at least 4 members (excludes halogenated alkanes) is 34. The van der Waals surface area contributed by atoms with Crippen molar-refractivity contribution in [1.82, 2.24) is 0 Å². The van der Waals surface area contributed by atoms with Gasteiger partial charge in [-0.15, -0.1) is 0 Å². The van der Waals surface area contributed by atoms with Crippen molar-refractivity contribution in [2.24, 2.45) is 0 Å². The monoisotopic (exact) mass is 1060 g/mol. The molecule has 6 heteroatoms. The summed E-state index contributed by atoms with van der Waals surface area (Å²) in [5.41, 5.74) is 0. The lowest BCUT2D eigenvalue weighted by Crippen LogP contribution is -2.30. The van der Waals surface area contributed by atoms with Gasteiger partial charge in [0.2, 0.25) is 0 Å². The summed E-state index contributed by atoms with van der Waals surface area (Å²) in [4.78, 5) is 38.3. The van der Waals surface area contributed by atoms with E-state index in [-0.39, 0.29) is 31.1 Å². The number of carbonyl (C=O) groups is 3. The van der Waals surface area contributed by atoms with Crippen LogP contribution in [0.2, 0.25) is 0 Å². The first kappa shape index (κ1) is 72.6. The molecule has 0 saturated carbocycles. The molecule has 0 heterocycles. The van der Waals surface area contributed by atoms with E-state index in [1.165, 1.54) is 148 Å². The highest BCUT2D eigenvalue weighted by molar-refractivity contribution is 5.71. The molecule has 0 fully saturated rings. The fraction of sp³-hybridized carbons (Fsp3) is 0.757. The summed E-state index contributed by atoms with van der Waals surface area (Å²) in [7, 11) is 0. The maximum atomic E-state index is 12.9. The lowest BCUT2D eigenvalue weighted by atomic mass is 10.0. The van der Waals surface area contributed by atoms with Gasteiger partial charge in [0.05, 0.1) is 0 Å². The van der Waals surface area contributed by atoms with Crippen molar-refractivity contribution in [1.29, 1.82) is 0 Å². The Morgan fingerprint density at radius 3 is 0.803 bits per heavy atom. The van der Waals surface area contributed by atoms with Crippen LogP contribution >= 0.6 is 0 Å². The zero-order chi connectivity index (χ0) is 55.0. The van der Waals surface area contributed by atoms with Crippen molar-refractivity contribution in [2.75, 3.05) is 13.2 Å². The Hall–Kier alpha value is -3.41. The maximum Gasteiger partial charge on any atom is 0.306 e. The molecule has 0 amide bonds. The van der Waals surface area contributed by atoms with Crippen LogP contribution in [0.5, 0.6) is 0 Å². The number of hydrogen-bond acceptors (Lipinski definition) is 6. The molecule has 1 atom stereocenters. The molecule has 1 unspecified atom stereocenters. The molecule has 0 aliphatic carbocycles. The standard InChI is InChI=1S/C70H122O6/c1-4-7-10-13-16-19-22-25-28-30-32-33-34-35-36-38-39-42-45-48-51-54-57-60-63-69(72)75-66-67(65-74-68(71)62-59-56-53-50-47-44-41-27-24-21-18-15-12-9-6-3)76-70(73)64-61-58-55-52-49-46-43-40-37-31-29-26-23-20-17-14-11-8-5-2/h8-9,11-12,17-18,20-21,26-27,29,37,40-41,67H,4-7,10,13-16,19,22-25,28,30-36,38-39,42-66H2,1-3H3/b11-8-,12-9-,20-17-,21-18-,29-26-,40-37-,41-27-. The molecule has 76 heavy (non-hydrogen) atoms. The van der Waals surface area contributed by atoms with Gasteiger partial charge in [0, 0.05) is 19.3 Å². The van der Waals surface area contributed by atoms with Crippen LogP contribution in [-0.4, -0.2) is 37.2 Å². The van der Waals surface area contributed by atoms with Crippen LogP contribution in [0.15, 0.2) is 85.1 Å². The summed E-state index contributed by atoms with van der Waals surface area (Å²) in [5, 5.41) is 0. The van der Waals surface area contributed by atoms with Crippen LogP contribution in [0.3, 0.4) is 0 Å². The summed E-state index contributed by atoms with van der Waals surface area (Å²) in [6.07, 6.45) is 84.5. The average Bonchev–Trinajstić information content (AvgIpc) is 3.42. The van der Waals surface area contributed by atoms with Crippen LogP contribution in [0.1, 0.15) is 323 Å². The number of rotatable bonds is 59. The molecule has 0 aromatic carbocycles. The topological polar surface area (TPSA) is 78.9 Å². The number of hydrogen-bond donors (Lipinski definition) is 0. The minimum atomic E-state index is -0.792. The SMILES string of the molecule is CC/C=C\C/C=C\C/C=C\C/C=C\CCCCCCCCC(=O)OC(COC(=O)CCCCCCC/C=C\C/C=C\C/C=C\CC)COC(=O)CCCCCCCCCCCCCCCCCCCCCCCCCC. The third kappa shape index (κ3) is 61.4. The number of carbonyl (C=O) groups excluding carboxylic acids is 3. The van der Waals surface area contributed by atoms with Crippen molar-refractivity contribution in [3.8, 4) is 0 Å². The second-order valence-corrected chi connectivity index (χ2v) is 21.6. The second-order valence-electron chi connectivity index (χ2n) is 21.6. The fourth-order valence-corrected chi connectivity index (χ4v) is 9.33. The third-order valence-corrected chi connectivity index (χ3v) is 14.1. The molecule has 0 N–H and O–H groups in total. The fourth-order valence-electron chi connectivity index (χ4n) is 9.33. The van der Waals surface area contributed by atoms with Crippen LogP contribution in [0.4, 0.5) is 0 Å². The van der Waals surface area contributed by atoms with Crippen molar-refractivity contribution in [3.63, 3.8) is 0 Å². The normalized spacial score (nSPS) is 12.6. The maximum absolute atomic E-state index is 12.9. The van der Waals surface area contributed by atoms with Gasteiger partial charge in [-0.25, -0.2) is 0 Å². The minimum Gasteiger partial charge on any atom is -0.462 e. The molecule has 0 spiro atoms. The summed E-state index contributed by atoms with van der Waals surface area (Å²) in [6, 6.07) is 0. The molecule has 438 valence electrons. The molecule has 0 aromatic heterocycles. The Kier molecular flexibility index (Phi) is 61.2. The van der Waals surface area contributed by atoms with E-state index in [4.69, 9.17) is 14.2 Å². The highest BCUT2D eigenvalue weighted by Crippen LogP contribution is 2.17. The van der Waals surface area contributed by atoms with E-state index < -0.39 is 6.10 Å². The quantitative estimate of drug-likeness (QED) is 0.0261. The molecule has 0 bridgehead atoms. The molecular weight excluding hydrogens is 937 g/mol. The number of ether oxygens (including phenoxy) is 3. The highest BCUT2D eigenvalue weighted by atomic mass is 16.6. The highest BCUT2D eigenvalue weighted by Gasteiger charge is 2.19. The van der Waals surface area contributed by atoms with E-state index in [9.17, 15) is 14.4 Å². The Bertz CT molecular complexity index is 1450. The lowest BCUT2D eigenvalue weighted by molar-refractivity contribution is -0.167. The van der Waals surface area contributed by atoms with Gasteiger partial charge < -0.3 is 14.2 Å². The van der Waals surface area contributed by atoms with Gasteiger partial charge in [-0.3, -0.25) is 14.4 Å². The summed E-state index contributed by atoms with van der Waals surface area (Å²) in [5.74, 6) is -0.903. The molecule has 0 aliphatic heterocycles. The number of allylic oxidation sites excluding steroid dienone is 14. The van der Waals surface area contributed by atoms with Crippen LogP contribution in [0.25, 0.3) is 0 Å². The van der Waals surface area contributed by atoms with E-state index in [1.807, 2.05) is 0 Å². The summed E-state index contributed by atoms with van der Waals surface area (Å²) >= 11 is 0. The Morgan fingerprint density at radius 2 is 0.513 bits per heavy atom. The molecule has 0 saturated heterocycles. The molecule has 0 aromatic rings. The Labute approximate surface area is 471 Å². The zero-order valence-electron chi connectivity index (χ0n) is 50.3. The molecule has 0 rings (SSSR count). The second kappa shape index (κ2) is 64.1. The van der Waals surface area contributed by atoms with Gasteiger partial charge in [0.15, 0.2) is 6.10 Å². The largest absolute Gasteiger partial charge is 0.462 e. The van der Waals surface area contributed by atoms with Gasteiger partial charge in [-0.1, -0.05) is 298 Å². The summed E-state index contributed by atoms with van der Waals surface area (Å²) < 4.78 is 16.9. The predicted molar refractivity (Wildman–Crippen MR) is 330 cm³/mol. The first-order valence-electron chi connectivity index (χ1n) is 32.6. The van der Waals surface area contributed by atoms with Gasteiger partial charge >= 0.3 is 17.9 Å². The van der Waals surface area contributed by atoms with E-state index in [1.54, 1.807) is 0 Å². The van der Waals surface area contributed by atoms with E-state index in [2.05, 4.69) is 106 Å². The van der Waals surface area contributed by atoms with Crippen LogP contribution in [-0.2, 0) is 28.6 Å². The smallest absolute Gasteiger partial charge is 0.306 e. The third-order valence-electron chi connectivity index (χ3n) is 14.1. The van der Waals surface area contributed by atoms with Gasteiger partial charge in [0.25, 0.3) is 0 Å².